The highest BCUT2D eigenvalue weighted by atomic mass is 32.2. The van der Waals surface area contributed by atoms with Crippen molar-refractivity contribution in [1.82, 2.24) is 14.1 Å². The highest BCUT2D eigenvalue weighted by molar-refractivity contribution is 7.89. The first-order valence-electron chi connectivity index (χ1n) is 15.1. The molecule has 2 fully saturated rings. The average molecular weight is 606 g/mol. The Morgan fingerprint density at radius 1 is 0.884 bits per heavy atom. The molecule has 0 spiro atoms. The summed E-state index contributed by atoms with van der Waals surface area (Å²) in [5.74, 6) is -0.768. The third-order valence-corrected chi connectivity index (χ3v) is 10.5. The van der Waals surface area contributed by atoms with Crippen molar-refractivity contribution in [3.8, 4) is 0 Å². The number of aryl methyl sites for hydroxylation is 1. The number of benzene rings is 3. The molecule has 7 nitrogen and oxygen atoms in total. The second-order valence-electron chi connectivity index (χ2n) is 11.7. The summed E-state index contributed by atoms with van der Waals surface area (Å²) in [6, 6.07) is 22.2. The Kier molecular flexibility index (Phi) is 9.62. The summed E-state index contributed by atoms with van der Waals surface area (Å²) < 4.78 is 42.3. The van der Waals surface area contributed by atoms with Gasteiger partial charge in [-0.25, -0.2) is 12.8 Å². The van der Waals surface area contributed by atoms with Crippen LogP contribution in [0.15, 0.2) is 83.8 Å². The van der Waals surface area contributed by atoms with Crippen LogP contribution in [0.3, 0.4) is 0 Å². The molecule has 2 amide bonds. The lowest BCUT2D eigenvalue weighted by Crippen LogP contribution is -2.52. The van der Waals surface area contributed by atoms with Crippen molar-refractivity contribution < 1.29 is 22.4 Å². The topological polar surface area (TPSA) is 78.0 Å². The SMILES string of the molecule is CC[C@H](C(=O)N1CCC(N(Cc2ccc(F)cc2)C(=O)CN(C2CC2)S(=O)(=O)c2ccc(C)cc2)CC1)c1ccccc1. The monoisotopic (exact) mass is 605 g/mol. The van der Waals surface area contributed by atoms with Crippen molar-refractivity contribution in [3.05, 3.63) is 101 Å². The van der Waals surface area contributed by atoms with Gasteiger partial charge in [-0.15, -0.1) is 0 Å². The lowest BCUT2D eigenvalue weighted by atomic mass is 9.93. The molecule has 1 heterocycles. The van der Waals surface area contributed by atoms with Crippen LogP contribution in [0.2, 0.25) is 0 Å². The maximum Gasteiger partial charge on any atom is 0.243 e. The number of carbonyl (C=O) groups excluding carboxylic acids is 2. The minimum Gasteiger partial charge on any atom is -0.342 e. The molecule has 228 valence electrons. The molecule has 5 rings (SSSR count). The van der Waals surface area contributed by atoms with Crippen LogP contribution in [-0.4, -0.2) is 66.1 Å². The Balaban J connectivity index is 1.33. The molecular formula is C34H40FN3O4S. The van der Waals surface area contributed by atoms with Crippen LogP contribution >= 0.6 is 0 Å². The molecule has 3 aromatic carbocycles. The predicted molar refractivity (Wildman–Crippen MR) is 164 cm³/mol. The first-order valence-corrected chi connectivity index (χ1v) is 16.6. The fraction of sp³-hybridized carbons (Fsp3) is 0.412. The standard InChI is InChI=1S/C34H40FN3O4S/c1-3-32(27-7-5-4-6-8-27)34(40)36-21-19-29(20-22-36)37(23-26-11-13-28(35)14-12-26)33(39)24-38(30-15-16-30)43(41,42)31-17-9-25(2)10-18-31/h4-14,17-18,29-30,32H,3,15-16,19-24H2,1-2H3/t32-/m0/s1. The average Bonchev–Trinajstić information content (AvgIpc) is 3.86. The summed E-state index contributed by atoms with van der Waals surface area (Å²) in [4.78, 5) is 31.3. The number of sulfonamides is 1. The van der Waals surface area contributed by atoms with E-state index in [-0.39, 0.29) is 53.6 Å². The number of amides is 2. The Morgan fingerprint density at radius 3 is 2.09 bits per heavy atom. The molecule has 9 heteroatoms. The number of hydrogen-bond donors (Lipinski definition) is 0. The first-order chi connectivity index (χ1) is 20.7. The van der Waals surface area contributed by atoms with Gasteiger partial charge in [-0.3, -0.25) is 9.59 Å². The molecular weight excluding hydrogens is 565 g/mol. The second kappa shape index (κ2) is 13.4. The Bertz CT molecular complexity index is 1500. The number of likely N-dealkylation sites (tertiary alicyclic amines) is 1. The minimum atomic E-state index is -3.87. The van der Waals surface area contributed by atoms with Gasteiger partial charge in [0.15, 0.2) is 0 Å². The van der Waals surface area contributed by atoms with Crippen LogP contribution in [0, 0.1) is 12.7 Å². The molecule has 0 radical (unpaired) electrons. The number of hydrogen-bond acceptors (Lipinski definition) is 4. The van der Waals surface area contributed by atoms with E-state index in [1.54, 1.807) is 41.3 Å². The molecule has 1 saturated heterocycles. The van der Waals surface area contributed by atoms with Crippen LogP contribution < -0.4 is 0 Å². The fourth-order valence-corrected chi connectivity index (χ4v) is 7.54. The van der Waals surface area contributed by atoms with Gasteiger partial charge >= 0.3 is 0 Å². The summed E-state index contributed by atoms with van der Waals surface area (Å²) in [6.07, 6.45) is 3.30. The molecule has 2 aliphatic rings. The van der Waals surface area contributed by atoms with E-state index in [1.807, 2.05) is 49.1 Å². The highest BCUT2D eigenvalue weighted by Crippen LogP contribution is 2.33. The summed E-state index contributed by atoms with van der Waals surface area (Å²) in [5.41, 5.74) is 2.72. The van der Waals surface area contributed by atoms with E-state index < -0.39 is 10.0 Å². The predicted octanol–water partition coefficient (Wildman–Crippen LogP) is 5.50. The maximum absolute atomic E-state index is 14.0. The van der Waals surface area contributed by atoms with Gasteiger partial charge in [0.05, 0.1) is 17.4 Å². The van der Waals surface area contributed by atoms with E-state index in [0.717, 1.165) is 29.5 Å². The quantitative estimate of drug-likeness (QED) is 0.289. The van der Waals surface area contributed by atoms with Gasteiger partial charge in [0.25, 0.3) is 0 Å². The van der Waals surface area contributed by atoms with Gasteiger partial charge < -0.3 is 9.80 Å². The van der Waals surface area contributed by atoms with Crippen LogP contribution in [0.4, 0.5) is 4.39 Å². The number of halogens is 1. The highest BCUT2D eigenvalue weighted by Gasteiger charge is 2.41. The molecule has 1 aliphatic carbocycles. The fourth-order valence-electron chi connectivity index (χ4n) is 5.91. The summed E-state index contributed by atoms with van der Waals surface area (Å²) in [5, 5.41) is 0. The van der Waals surface area contributed by atoms with Crippen molar-refractivity contribution in [2.24, 2.45) is 0 Å². The van der Waals surface area contributed by atoms with Crippen LogP contribution in [-0.2, 0) is 26.2 Å². The van der Waals surface area contributed by atoms with E-state index in [9.17, 15) is 22.4 Å². The van der Waals surface area contributed by atoms with E-state index in [4.69, 9.17) is 0 Å². The van der Waals surface area contributed by atoms with Gasteiger partial charge in [0, 0.05) is 31.7 Å². The molecule has 0 N–H and O–H groups in total. The van der Waals surface area contributed by atoms with Crippen LogP contribution in [0.5, 0.6) is 0 Å². The summed E-state index contributed by atoms with van der Waals surface area (Å²) in [7, 11) is -3.87. The van der Waals surface area contributed by atoms with Crippen LogP contribution in [0.1, 0.15) is 61.6 Å². The number of nitrogens with zero attached hydrogens (tertiary/aromatic N) is 3. The lowest BCUT2D eigenvalue weighted by Gasteiger charge is -2.40. The third kappa shape index (κ3) is 7.33. The van der Waals surface area contributed by atoms with E-state index >= 15 is 0 Å². The Labute approximate surface area is 254 Å². The number of rotatable bonds is 11. The molecule has 1 aliphatic heterocycles. The van der Waals surface area contributed by atoms with Crippen molar-refractivity contribution >= 4 is 21.8 Å². The van der Waals surface area contributed by atoms with Crippen molar-refractivity contribution in [3.63, 3.8) is 0 Å². The third-order valence-electron chi connectivity index (χ3n) is 8.58. The number of carbonyl (C=O) groups is 2. The van der Waals surface area contributed by atoms with Crippen LogP contribution in [0.25, 0.3) is 0 Å². The molecule has 0 bridgehead atoms. The van der Waals surface area contributed by atoms with Crippen molar-refractivity contribution in [2.75, 3.05) is 19.6 Å². The summed E-state index contributed by atoms with van der Waals surface area (Å²) in [6.45, 7) is 4.91. The van der Waals surface area contributed by atoms with Crippen molar-refractivity contribution in [2.45, 2.75) is 75.4 Å². The lowest BCUT2D eigenvalue weighted by molar-refractivity contribution is -0.138. The normalized spacial score (nSPS) is 16.7. The second-order valence-corrected chi connectivity index (χ2v) is 13.6. The zero-order chi connectivity index (χ0) is 30.6. The van der Waals surface area contributed by atoms with Crippen molar-refractivity contribution in [1.29, 1.82) is 0 Å². The molecule has 3 aromatic rings. The van der Waals surface area contributed by atoms with E-state index in [0.29, 0.717) is 32.4 Å². The van der Waals surface area contributed by atoms with Gasteiger partial charge in [-0.1, -0.05) is 67.1 Å². The Hall–Kier alpha value is -3.56. The minimum absolute atomic E-state index is 0.0904. The summed E-state index contributed by atoms with van der Waals surface area (Å²) >= 11 is 0. The van der Waals surface area contributed by atoms with Gasteiger partial charge in [0.1, 0.15) is 5.82 Å². The zero-order valence-corrected chi connectivity index (χ0v) is 25.7. The number of piperidine rings is 1. The molecule has 1 atom stereocenters. The first kappa shape index (κ1) is 30.9. The largest absolute Gasteiger partial charge is 0.342 e. The maximum atomic E-state index is 14.0. The zero-order valence-electron chi connectivity index (χ0n) is 24.9. The molecule has 1 saturated carbocycles. The van der Waals surface area contributed by atoms with Gasteiger partial charge in [-0.2, -0.15) is 4.31 Å². The van der Waals surface area contributed by atoms with E-state index in [2.05, 4.69) is 0 Å². The van der Waals surface area contributed by atoms with Gasteiger partial charge in [0.2, 0.25) is 21.8 Å². The Morgan fingerprint density at radius 2 is 1.51 bits per heavy atom. The molecule has 0 unspecified atom stereocenters. The van der Waals surface area contributed by atoms with E-state index in [1.165, 1.54) is 16.4 Å². The smallest absolute Gasteiger partial charge is 0.243 e. The molecule has 43 heavy (non-hydrogen) atoms. The van der Waals surface area contributed by atoms with Gasteiger partial charge in [-0.05, 0) is 74.4 Å². The molecule has 0 aromatic heterocycles.